The zero-order valence-electron chi connectivity index (χ0n) is 37.3. The first-order chi connectivity index (χ1) is 28.5. The number of ether oxygens (including phenoxy) is 7. The smallest absolute Gasteiger partial charge is 0.386 e. The van der Waals surface area contributed by atoms with Crippen LogP contribution in [0.15, 0.2) is 0 Å². The number of carbonyl (C=O) groups excluding carboxylic acids is 4. The average Bonchev–Trinajstić information content (AvgIpc) is 3.12. The number of hydrogen-bond acceptors (Lipinski definition) is 17. The molecule has 2 heterocycles. The molecule has 3 aliphatic rings. The summed E-state index contributed by atoms with van der Waals surface area (Å²) >= 11 is -1.37. The van der Waals surface area contributed by atoms with Crippen molar-refractivity contribution < 1.29 is 82.7 Å². The van der Waals surface area contributed by atoms with Crippen LogP contribution < -0.4 is 27.0 Å². The molecule has 22 nitrogen and oxygen atoms in total. The van der Waals surface area contributed by atoms with Crippen molar-refractivity contribution in [1.29, 1.82) is 0 Å². The van der Waals surface area contributed by atoms with E-state index < -0.39 is 147 Å². The molecule has 2 saturated heterocycles. The van der Waals surface area contributed by atoms with E-state index in [1.807, 2.05) is 0 Å². The zero-order chi connectivity index (χ0) is 47.0. The Morgan fingerprint density at radius 2 is 1.40 bits per heavy atom. The van der Waals surface area contributed by atoms with Gasteiger partial charge >= 0.3 is 248 Å². The van der Waals surface area contributed by atoms with Crippen LogP contribution in [0.2, 0.25) is 5.21 Å². The number of rotatable bonds is 16. The molecule has 0 radical (unpaired) electrons. The van der Waals surface area contributed by atoms with Gasteiger partial charge in [-0.1, -0.05) is 6.92 Å². The van der Waals surface area contributed by atoms with Gasteiger partial charge in [-0.15, -0.1) is 0 Å². The number of nitrogens with two attached hydrogens (primary N) is 1. The molecule has 11 N–H and O–H groups in total. The second-order valence-electron chi connectivity index (χ2n) is 18.7. The molecule has 1 unspecified atom stereocenters. The Morgan fingerprint density at radius 3 is 1.97 bits per heavy atom. The Balaban J connectivity index is 2.02. The summed E-state index contributed by atoms with van der Waals surface area (Å²) in [7, 11) is 0. The maximum absolute atomic E-state index is 13.6. The van der Waals surface area contributed by atoms with Crippen molar-refractivity contribution >= 4 is 44.7 Å². The zero-order valence-corrected chi connectivity index (χ0v) is 39.4. The van der Waals surface area contributed by atoms with E-state index >= 15 is 0 Å². The minimum Gasteiger partial charge on any atom is -0.386 e. The topological polar surface area (TPSA) is 325 Å². The van der Waals surface area contributed by atoms with Gasteiger partial charge in [0.15, 0.2) is 0 Å². The number of amides is 4. The summed E-state index contributed by atoms with van der Waals surface area (Å²) < 4.78 is 40.3. The van der Waals surface area contributed by atoms with Crippen LogP contribution in [0.1, 0.15) is 101 Å². The van der Waals surface area contributed by atoms with Gasteiger partial charge in [0, 0.05) is 6.54 Å². The van der Waals surface area contributed by atoms with Gasteiger partial charge in [-0.25, -0.2) is 9.59 Å². The molecule has 0 spiro atoms. The molecule has 0 aromatic carbocycles. The van der Waals surface area contributed by atoms with Gasteiger partial charge in [-0.3, -0.25) is 0 Å². The molecule has 4 amide bonds. The first kappa shape index (κ1) is 53.3. The molecule has 1 aliphatic carbocycles. The second kappa shape index (κ2) is 22.2. The third-order valence-corrected chi connectivity index (χ3v) is 12.3. The van der Waals surface area contributed by atoms with Crippen LogP contribution in [0.3, 0.4) is 0 Å². The van der Waals surface area contributed by atoms with Gasteiger partial charge in [0.05, 0.1) is 6.10 Å². The van der Waals surface area contributed by atoms with Crippen molar-refractivity contribution in [3.63, 3.8) is 0 Å². The van der Waals surface area contributed by atoms with E-state index in [4.69, 9.17) is 38.9 Å². The van der Waals surface area contributed by atoms with Crippen LogP contribution in [0.25, 0.3) is 0 Å². The van der Waals surface area contributed by atoms with E-state index in [1.165, 1.54) is 6.92 Å². The molecule has 2 aliphatic heterocycles. The monoisotopic (exact) mass is 955 g/mol. The van der Waals surface area contributed by atoms with Crippen molar-refractivity contribution in [1.82, 2.24) is 21.3 Å². The van der Waals surface area contributed by atoms with E-state index in [9.17, 15) is 49.5 Å². The molecule has 23 heteroatoms. The molecule has 62 heavy (non-hydrogen) atoms. The molecule has 0 aromatic rings. The summed E-state index contributed by atoms with van der Waals surface area (Å²) in [6.45, 7) is 16.1. The number of carbonyl (C=O) groups is 5. The molecule has 3 fully saturated rings. The fourth-order valence-corrected chi connectivity index (χ4v) is 9.00. The standard InChI is InChI=1S/C39H70AsN5O17/c1-11-38(8,9)62-35(54)45-28-25(48)31(56-18-39(28,10)55)59-26-21(42-29(49)23(46)14-15-40-32(50)60-36(2,3)4)16-22(44-34(53)61-37(5,6)7)27(24(26)47)58-30-20(43-33(51)52)13-12-19(17-41)57-30/h19-28,30-31,40,43,46-48,55H,11-18,41H2,1-10H3,(H,42,49)(H,44,53)(H,45,54)(H,51,52)/t19-,20+,21+,22-,23-,24+,25+,26-,27+,28+,30+,31+,39-/m0/s1. The number of aliphatic hydroxyl groups excluding tert-OH is 3. The van der Waals surface area contributed by atoms with Crippen molar-refractivity contribution in [2.75, 3.05) is 13.2 Å². The molecule has 1 saturated carbocycles. The predicted octanol–water partition coefficient (Wildman–Crippen LogP) is 0.292. The van der Waals surface area contributed by atoms with Gasteiger partial charge < -0.3 is 26.0 Å². The maximum atomic E-state index is 13.6. The second-order valence-corrected chi connectivity index (χ2v) is 21.3. The fraction of sp³-hybridized carbons (Fsp3) is 0.872. The SMILES string of the molecule is CCC(C)(C)OC(=O)N[C@@H]1[C@@H](O)[C@@H](O[C@@H]2[C@@H](O)[C@H](O[C@H]3O[C@H](CN)CC[C@H]3NC(=O)O)[C@@H](NC(=O)OC(C)(C)C)C[C@H]2NC(=O)[C@@H](O)CC[AsH]C(=O)OC(C)(C)C)OC[C@]1(C)O. The van der Waals surface area contributed by atoms with E-state index in [-0.39, 0.29) is 31.0 Å². The number of alkyl carbamates (subject to hydrolysis) is 2. The summed E-state index contributed by atoms with van der Waals surface area (Å²) in [5.74, 6) is -0.928. The number of hydrogen-bond donors (Lipinski definition) is 10. The van der Waals surface area contributed by atoms with E-state index in [0.29, 0.717) is 12.8 Å². The third kappa shape index (κ3) is 16.5. The average molecular weight is 956 g/mol. The van der Waals surface area contributed by atoms with Gasteiger partial charge in [-0.2, -0.15) is 0 Å². The molecule has 358 valence electrons. The summed E-state index contributed by atoms with van der Waals surface area (Å²) in [5, 5.41) is 66.0. The Hall–Kier alpha value is -3.05. The Morgan fingerprint density at radius 1 is 0.823 bits per heavy atom. The van der Waals surface area contributed by atoms with Crippen LogP contribution in [-0.4, -0.2) is 179 Å². The van der Waals surface area contributed by atoms with Crippen LogP contribution >= 0.6 is 0 Å². The van der Waals surface area contributed by atoms with Crippen molar-refractivity contribution in [2.45, 2.75) is 202 Å². The van der Waals surface area contributed by atoms with Gasteiger partial charge in [0.1, 0.15) is 5.60 Å². The first-order valence-corrected chi connectivity index (χ1v) is 23.4. The first-order valence-electron chi connectivity index (χ1n) is 20.8. The van der Waals surface area contributed by atoms with Gasteiger partial charge in [0.25, 0.3) is 0 Å². The summed E-state index contributed by atoms with van der Waals surface area (Å²) in [6.07, 6.45) is -14.7. The van der Waals surface area contributed by atoms with Gasteiger partial charge in [-0.05, 0) is 60.8 Å². The summed E-state index contributed by atoms with van der Waals surface area (Å²) in [5.41, 5.74) is 1.44. The van der Waals surface area contributed by atoms with Crippen molar-refractivity contribution in [3.05, 3.63) is 0 Å². The number of nitrogens with one attached hydrogen (secondary N) is 4. The van der Waals surface area contributed by atoms with E-state index in [2.05, 4.69) is 21.3 Å². The third-order valence-electron chi connectivity index (χ3n) is 10.3. The van der Waals surface area contributed by atoms with Crippen molar-refractivity contribution in [2.24, 2.45) is 5.73 Å². The van der Waals surface area contributed by atoms with Crippen LogP contribution in [-0.2, 0) is 38.0 Å². The molecule has 0 bridgehead atoms. The number of carboxylic acid groups (broad SMARTS) is 1. The fourth-order valence-electron chi connectivity index (χ4n) is 6.90. The van der Waals surface area contributed by atoms with E-state index in [0.717, 1.165) is 0 Å². The normalized spacial score (nSPS) is 32.6. The Kier molecular flexibility index (Phi) is 19.1. The molecular weight excluding hydrogens is 885 g/mol. The van der Waals surface area contributed by atoms with Crippen LogP contribution in [0, 0.1) is 0 Å². The molecule has 14 atom stereocenters. The Labute approximate surface area is 369 Å². The van der Waals surface area contributed by atoms with Crippen LogP contribution in [0.5, 0.6) is 0 Å². The minimum atomic E-state index is -1.86. The molecule has 0 aromatic heterocycles. The predicted molar refractivity (Wildman–Crippen MR) is 220 cm³/mol. The van der Waals surface area contributed by atoms with Crippen LogP contribution in [0.4, 0.5) is 19.2 Å². The quantitative estimate of drug-likeness (QED) is 0.0734. The summed E-state index contributed by atoms with van der Waals surface area (Å²) in [6, 6.07) is -4.94. The number of aliphatic hydroxyl groups is 4. The Bertz CT molecular complexity index is 1530. The molecular formula is C39H70AsN5O17. The van der Waals surface area contributed by atoms with Crippen molar-refractivity contribution in [3.8, 4) is 0 Å². The summed E-state index contributed by atoms with van der Waals surface area (Å²) in [4.78, 5) is 64.0. The molecule has 3 rings (SSSR count). The van der Waals surface area contributed by atoms with Gasteiger partial charge in [0.2, 0.25) is 0 Å². The van der Waals surface area contributed by atoms with E-state index in [1.54, 1.807) is 62.3 Å². The minimum absolute atomic E-state index is 0.0496.